The molecule has 0 radical (unpaired) electrons. The minimum absolute atomic E-state index is 0.188. The van der Waals surface area contributed by atoms with Gasteiger partial charge in [-0.25, -0.2) is 4.39 Å². The van der Waals surface area contributed by atoms with Crippen LogP contribution in [0.15, 0.2) is 24.3 Å². The highest BCUT2D eigenvalue weighted by Crippen LogP contribution is 2.43. The van der Waals surface area contributed by atoms with Gasteiger partial charge in [0.1, 0.15) is 5.69 Å². The fourth-order valence-electron chi connectivity index (χ4n) is 4.17. The summed E-state index contributed by atoms with van der Waals surface area (Å²) in [6.45, 7) is 8.15. The second-order valence-electron chi connectivity index (χ2n) is 8.18. The minimum atomic E-state index is -0.446. The van der Waals surface area contributed by atoms with E-state index in [0.29, 0.717) is 17.0 Å². The summed E-state index contributed by atoms with van der Waals surface area (Å²) in [5.74, 6) is 0.539. The van der Waals surface area contributed by atoms with Crippen molar-refractivity contribution in [2.45, 2.75) is 32.2 Å². The number of rotatable bonds is 6. The number of methoxy groups -OCH3 is 1. The number of halogens is 1. The quantitative estimate of drug-likeness (QED) is 0.715. The van der Waals surface area contributed by atoms with Crippen molar-refractivity contribution in [1.29, 1.82) is 0 Å². The van der Waals surface area contributed by atoms with Gasteiger partial charge < -0.3 is 4.74 Å². The van der Waals surface area contributed by atoms with E-state index < -0.39 is 5.82 Å². The maximum absolute atomic E-state index is 14.1. The average molecular weight is 386 g/mol. The molecule has 2 fully saturated rings. The Labute approximate surface area is 164 Å². The van der Waals surface area contributed by atoms with Crippen LogP contribution in [0.2, 0.25) is 0 Å². The molecular weight excluding hydrogens is 359 g/mol. The van der Waals surface area contributed by atoms with Gasteiger partial charge in [-0.2, -0.15) is 9.89 Å². The summed E-state index contributed by atoms with van der Waals surface area (Å²) in [7, 11) is 1.43. The van der Waals surface area contributed by atoms with Crippen molar-refractivity contribution in [3.8, 4) is 17.0 Å². The van der Waals surface area contributed by atoms with E-state index in [1.807, 2.05) is 0 Å². The third kappa shape index (κ3) is 3.39. The van der Waals surface area contributed by atoms with E-state index >= 15 is 0 Å². The SMILES string of the molecule is COc1ccc(-c2cc(C=O)n(N3CCN(C(C)(C)C4CC4)CC3)n2)cc1F. The number of ether oxygens (including phenoxy) is 1. The first-order chi connectivity index (χ1) is 13.4. The zero-order chi connectivity index (χ0) is 19.9. The zero-order valence-corrected chi connectivity index (χ0v) is 16.7. The fourth-order valence-corrected chi connectivity index (χ4v) is 4.17. The number of hydrogen-bond acceptors (Lipinski definition) is 5. The molecule has 2 aromatic rings. The Morgan fingerprint density at radius 1 is 1.18 bits per heavy atom. The lowest BCUT2D eigenvalue weighted by molar-refractivity contribution is 0.0841. The Kier molecular flexibility index (Phi) is 4.87. The molecule has 1 saturated carbocycles. The van der Waals surface area contributed by atoms with Crippen molar-refractivity contribution in [2.75, 3.05) is 38.3 Å². The van der Waals surface area contributed by atoms with E-state index in [0.717, 1.165) is 38.4 Å². The van der Waals surface area contributed by atoms with Crippen molar-refractivity contribution in [2.24, 2.45) is 5.92 Å². The summed E-state index contributed by atoms with van der Waals surface area (Å²) < 4.78 is 19.0. The van der Waals surface area contributed by atoms with Gasteiger partial charge in [0.15, 0.2) is 17.9 Å². The fraction of sp³-hybridized carbons (Fsp3) is 0.524. The van der Waals surface area contributed by atoms with E-state index in [-0.39, 0.29) is 11.3 Å². The van der Waals surface area contributed by atoms with Gasteiger partial charge in [-0.05, 0) is 56.9 Å². The summed E-state index contributed by atoms with van der Waals surface area (Å²) in [6, 6.07) is 6.41. The average Bonchev–Trinajstić information content (AvgIpc) is 3.48. The molecule has 1 aliphatic heterocycles. The number of aromatic nitrogens is 2. The van der Waals surface area contributed by atoms with Gasteiger partial charge in [0.2, 0.25) is 0 Å². The molecular formula is C21H27FN4O2. The van der Waals surface area contributed by atoms with E-state index in [4.69, 9.17) is 4.74 Å². The normalized spacial score (nSPS) is 18.4. The number of carbonyl (C=O) groups excluding carboxylic acids is 1. The first-order valence-electron chi connectivity index (χ1n) is 9.83. The van der Waals surface area contributed by atoms with Crippen LogP contribution in [-0.4, -0.2) is 59.9 Å². The molecule has 0 N–H and O–H groups in total. The summed E-state index contributed by atoms with van der Waals surface area (Å²) in [6.07, 6.45) is 3.45. The largest absolute Gasteiger partial charge is 0.494 e. The Morgan fingerprint density at radius 3 is 2.46 bits per heavy atom. The van der Waals surface area contributed by atoms with Gasteiger partial charge in [0, 0.05) is 37.3 Å². The number of benzene rings is 1. The molecule has 1 saturated heterocycles. The van der Waals surface area contributed by atoms with Crippen LogP contribution in [0.3, 0.4) is 0 Å². The maximum atomic E-state index is 14.1. The van der Waals surface area contributed by atoms with Crippen molar-refractivity contribution in [3.05, 3.63) is 35.8 Å². The van der Waals surface area contributed by atoms with Crippen molar-refractivity contribution < 1.29 is 13.9 Å². The highest BCUT2D eigenvalue weighted by molar-refractivity contribution is 5.76. The number of nitrogens with zero attached hydrogens (tertiary/aromatic N) is 4. The van der Waals surface area contributed by atoms with Crippen molar-refractivity contribution in [1.82, 2.24) is 14.8 Å². The predicted molar refractivity (Wildman–Crippen MR) is 106 cm³/mol. The van der Waals surface area contributed by atoms with Gasteiger partial charge in [-0.3, -0.25) is 14.7 Å². The highest BCUT2D eigenvalue weighted by Gasteiger charge is 2.42. The second-order valence-corrected chi connectivity index (χ2v) is 8.18. The third-order valence-electron chi connectivity index (χ3n) is 6.20. The van der Waals surface area contributed by atoms with Crippen LogP contribution < -0.4 is 9.75 Å². The maximum Gasteiger partial charge on any atom is 0.170 e. The Balaban J connectivity index is 1.53. The molecule has 0 atom stereocenters. The van der Waals surface area contributed by atoms with Crippen LogP contribution in [0.5, 0.6) is 5.75 Å². The molecule has 0 spiro atoms. The molecule has 1 aliphatic carbocycles. The monoisotopic (exact) mass is 386 g/mol. The molecule has 2 aliphatic rings. The molecule has 150 valence electrons. The van der Waals surface area contributed by atoms with E-state index in [1.165, 1.54) is 26.0 Å². The Hall–Kier alpha value is -2.41. The second kappa shape index (κ2) is 7.20. The van der Waals surface area contributed by atoms with Crippen molar-refractivity contribution >= 4 is 6.29 Å². The molecule has 4 rings (SSSR count). The summed E-state index contributed by atoms with van der Waals surface area (Å²) in [5.41, 5.74) is 1.90. The molecule has 1 aromatic carbocycles. The van der Waals surface area contributed by atoms with Crippen LogP contribution in [0.4, 0.5) is 4.39 Å². The number of piperazine rings is 1. The number of aldehydes is 1. The van der Waals surface area contributed by atoms with Crippen LogP contribution >= 0.6 is 0 Å². The zero-order valence-electron chi connectivity index (χ0n) is 16.7. The standard InChI is InChI=1S/C21H27FN4O2/c1-21(2,16-5-6-16)24-8-10-25(11-9-24)26-17(14-27)13-19(23-26)15-4-7-20(28-3)18(22)12-15/h4,7,12-14,16H,5-6,8-11H2,1-3H3. The van der Waals surface area contributed by atoms with Crippen LogP contribution in [0.25, 0.3) is 11.3 Å². The first-order valence-corrected chi connectivity index (χ1v) is 9.83. The van der Waals surface area contributed by atoms with Crippen LogP contribution in [0.1, 0.15) is 37.2 Å². The molecule has 0 bridgehead atoms. The molecule has 0 unspecified atom stereocenters. The predicted octanol–water partition coefficient (Wildman–Crippen LogP) is 2.95. The number of carbonyl (C=O) groups is 1. The third-order valence-corrected chi connectivity index (χ3v) is 6.20. The Morgan fingerprint density at radius 2 is 1.89 bits per heavy atom. The van der Waals surface area contributed by atoms with Gasteiger partial charge in [0.05, 0.1) is 12.8 Å². The number of hydrogen-bond donors (Lipinski definition) is 0. The molecule has 1 aromatic heterocycles. The van der Waals surface area contributed by atoms with Gasteiger partial charge >= 0.3 is 0 Å². The van der Waals surface area contributed by atoms with Crippen LogP contribution in [0, 0.1) is 11.7 Å². The first kappa shape index (κ1) is 18.9. The van der Waals surface area contributed by atoms with Gasteiger partial charge in [-0.15, -0.1) is 0 Å². The topological polar surface area (TPSA) is 50.6 Å². The lowest BCUT2D eigenvalue weighted by Crippen LogP contribution is -2.58. The smallest absolute Gasteiger partial charge is 0.170 e. The molecule has 7 heteroatoms. The summed E-state index contributed by atoms with van der Waals surface area (Å²) in [5, 5.41) is 6.68. The molecule has 6 nitrogen and oxygen atoms in total. The van der Waals surface area contributed by atoms with Gasteiger partial charge in [0.25, 0.3) is 0 Å². The lowest BCUT2D eigenvalue weighted by Gasteiger charge is -2.45. The Bertz CT molecular complexity index is 867. The van der Waals surface area contributed by atoms with Crippen LogP contribution in [-0.2, 0) is 0 Å². The highest BCUT2D eigenvalue weighted by atomic mass is 19.1. The molecule has 2 heterocycles. The summed E-state index contributed by atoms with van der Waals surface area (Å²) >= 11 is 0. The lowest BCUT2D eigenvalue weighted by atomic mass is 9.95. The van der Waals surface area contributed by atoms with Crippen molar-refractivity contribution in [3.63, 3.8) is 0 Å². The van der Waals surface area contributed by atoms with E-state index in [1.54, 1.807) is 23.0 Å². The van der Waals surface area contributed by atoms with Gasteiger partial charge in [-0.1, -0.05) is 0 Å². The molecule has 28 heavy (non-hydrogen) atoms. The minimum Gasteiger partial charge on any atom is -0.494 e. The van der Waals surface area contributed by atoms with E-state index in [2.05, 4.69) is 28.9 Å². The molecule has 0 amide bonds. The summed E-state index contributed by atoms with van der Waals surface area (Å²) in [4.78, 5) is 15.8. The van der Waals surface area contributed by atoms with E-state index in [9.17, 15) is 9.18 Å².